The molecule has 0 aromatic heterocycles. The SMILES string of the molecule is Cc1ccc(S(=O)(=O)NC2C3CC4C(C3)C42)cc1. The lowest BCUT2D eigenvalue weighted by Gasteiger charge is -2.17. The minimum absolute atomic E-state index is 0.214. The molecule has 0 spiro atoms. The maximum absolute atomic E-state index is 12.3. The normalized spacial score (nSPS) is 40.2. The minimum Gasteiger partial charge on any atom is -0.207 e. The molecule has 1 aromatic carbocycles. The number of nitrogens with one attached hydrogen (secondary N) is 1. The zero-order chi connectivity index (χ0) is 12.5. The topological polar surface area (TPSA) is 46.2 Å². The van der Waals surface area contributed by atoms with E-state index in [4.69, 9.17) is 0 Å². The van der Waals surface area contributed by atoms with Gasteiger partial charge in [0.05, 0.1) is 4.90 Å². The summed E-state index contributed by atoms with van der Waals surface area (Å²) in [6.07, 6.45) is 2.49. The Labute approximate surface area is 108 Å². The zero-order valence-corrected chi connectivity index (χ0v) is 11.2. The minimum atomic E-state index is -3.32. The molecule has 3 unspecified atom stereocenters. The van der Waals surface area contributed by atoms with Crippen LogP contribution in [-0.2, 0) is 10.0 Å². The van der Waals surface area contributed by atoms with E-state index in [0.29, 0.717) is 16.7 Å². The zero-order valence-electron chi connectivity index (χ0n) is 10.3. The fraction of sp³-hybridized carbons (Fsp3) is 0.571. The van der Waals surface area contributed by atoms with Crippen LogP contribution in [0.1, 0.15) is 18.4 Å². The highest BCUT2D eigenvalue weighted by molar-refractivity contribution is 7.89. The molecule has 5 rings (SSSR count). The second-order valence-corrected chi connectivity index (χ2v) is 7.81. The standard InChI is InChI=1S/C14H17NO2S/c1-8-2-4-10(5-3-8)18(16,17)15-14-9-6-11-12(7-9)13(11)14/h2-5,9,11-15H,6-7H2,1H3. The third-order valence-electron chi connectivity index (χ3n) is 5.09. The molecule has 4 bridgehead atoms. The van der Waals surface area contributed by atoms with Crippen LogP contribution in [0.4, 0.5) is 0 Å². The van der Waals surface area contributed by atoms with Crippen LogP contribution < -0.4 is 4.72 Å². The summed E-state index contributed by atoms with van der Waals surface area (Å²) in [5.41, 5.74) is 1.08. The van der Waals surface area contributed by atoms with Crippen molar-refractivity contribution in [3.63, 3.8) is 0 Å². The average Bonchev–Trinajstić information content (AvgIpc) is 2.69. The predicted octanol–water partition coefficient (Wildman–Crippen LogP) is 1.93. The summed E-state index contributed by atoms with van der Waals surface area (Å²) in [6, 6.07) is 7.31. The molecule has 4 fully saturated rings. The maximum Gasteiger partial charge on any atom is 0.240 e. The van der Waals surface area contributed by atoms with Crippen LogP contribution in [0, 0.1) is 30.6 Å². The fourth-order valence-electron chi connectivity index (χ4n) is 4.21. The van der Waals surface area contributed by atoms with Gasteiger partial charge in [-0.05, 0) is 55.6 Å². The molecular formula is C14H17NO2S. The van der Waals surface area contributed by atoms with Crippen molar-refractivity contribution in [1.82, 2.24) is 4.72 Å². The Morgan fingerprint density at radius 1 is 1.11 bits per heavy atom. The van der Waals surface area contributed by atoms with Gasteiger partial charge >= 0.3 is 0 Å². The van der Waals surface area contributed by atoms with Crippen LogP contribution in [-0.4, -0.2) is 14.5 Å². The molecule has 3 atom stereocenters. The quantitative estimate of drug-likeness (QED) is 0.905. The molecule has 0 aliphatic heterocycles. The van der Waals surface area contributed by atoms with Crippen molar-refractivity contribution in [1.29, 1.82) is 0 Å². The summed E-state index contributed by atoms with van der Waals surface area (Å²) < 4.78 is 27.6. The van der Waals surface area contributed by atoms with Gasteiger partial charge in [-0.1, -0.05) is 17.7 Å². The molecular weight excluding hydrogens is 246 g/mol. The molecule has 96 valence electrons. The van der Waals surface area contributed by atoms with E-state index in [1.165, 1.54) is 12.8 Å². The Balaban J connectivity index is 1.59. The molecule has 1 aromatic rings. The number of sulfonamides is 1. The van der Waals surface area contributed by atoms with Gasteiger partial charge in [0.25, 0.3) is 0 Å². The van der Waals surface area contributed by atoms with E-state index in [-0.39, 0.29) is 6.04 Å². The van der Waals surface area contributed by atoms with Gasteiger partial charge in [0.15, 0.2) is 0 Å². The van der Waals surface area contributed by atoms with E-state index in [0.717, 1.165) is 17.4 Å². The summed E-state index contributed by atoms with van der Waals surface area (Å²) in [4.78, 5) is 0.398. The molecule has 18 heavy (non-hydrogen) atoms. The monoisotopic (exact) mass is 263 g/mol. The first-order chi connectivity index (χ1) is 8.56. The Morgan fingerprint density at radius 2 is 1.72 bits per heavy atom. The fourth-order valence-corrected chi connectivity index (χ4v) is 5.55. The summed E-state index contributed by atoms with van der Waals surface area (Å²) >= 11 is 0. The Kier molecular flexibility index (Phi) is 2.06. The van der Waals surface area contributed by atoms with Crippen molar-refractivity contribution in [3.05, 3.63) is 29.8 Å². The van der Waals surface area contributed by atoms with Crippen LogP contribution in [0.5, 0.6) is 0 Å². The van der Waals surface area contributed by atoms with Crippen LogP contribution in [0.25, 0.3) is 0 Å². The van der Waals surface area contributed by atoms with Crippen molar-refractivity contribution in [2.45, 2.75) is 30.7 Å². The van der Waals surface area contributed by atoms with E-state index in [2.05, 4.69) is 4.72 Å². The molecule has 4 aliphatic rings. The average molecular weight is 263 g/mol. The second kappa shape index (κ2) is 3.36. The van der Waals surface area contributed by atoms with Gasteiger partial charge in [-0.2, -0.15) is 0 Å². The Hall–Kier alpha value is -0.870. The molecule has 0 radical (unpaired) electrons. The van der Waals surface area contributed by atoms with Crippen molar-refractivity contribution in [3.8, 4) is 0 Å². The highest BCUT2D eigenvalue weighted by atomic mass is 32.2. The van der Waals surface area contributed by atoms with Gasteiger partial charge in [0.1, 0.15) is 0 Å². The number of aryl methyl sites for hydroxylation is 1. The molecule has 4 saturated carbocycles. The lowest BCUT2D eigenvalue weighted by molar-refractivity contribution is 0.472. The lowest BCUT2D eigenvalue weighted by atomic mass is 10.1. The molecule has 4 aliphatic carbocycles. The third-order valence-corrected chi connectivity index (χ3v) is 6.57. The van der Waals surface area contributed by atoms with E-state index >= 15 is 0 Å². The van der Waals surface area contributed by atoms with Gasteiger partial charge < -0.3 is 0 Å². The van der Waals surface area contributed by atoms with Crippen LogP contribution in [0.2, 0.25) is 0 Å². The van der Waals surface area contributed by atoms with Crippen molar-refractivity contribution in [2.24, 2.45) is 23.7 Å². The first-order valence-corrected chi connectivity index (χ1v) is 8.13. The van der Waals surface area contributed by atoms with Gasteiger partial charge in [0, 0.05) is 6.04 Å². The van der Waals surface area contributed by atoms with E-state index in [1.807, 2.05) is 19.1 Å². The van der Waals surface area contributed by atoms with E-state index in [9.17, 15) is 8.42 Å². The van der Waals surface area contributed by atoms with Gasteiger partial charge in [-0.3, -0.25) is 0 Å². The third kappa shape index (κ3) is 1.42. The molecule has 0 heterocycles. The van der Waals surface area contributed by atoms with Crippen LogP contribution >= 0.6 is 0 Å². The summed E-state index contributed by atoms with van der Waals surface area (Å²) in [5, 5.41) is 0. The first-order valence-electron chi connectivity index (χ1n) is 6.65. The van der Waals surface area contributed by atoms with Gasteiger partial charge in [-0.25, -0.2) is 13.1 Å². The van der Waals surface area contributed by atoms with Crippen molar-refractivity contribution < 1.29 is 8.42 Å². The molecule has 4 heteroatoms. The molecule has 0 amide bonds. The number of benzene rings is 1. The number of hydrogen-bond acceptors (Lipinski definition) is 2. The van der Waals surface area contributed by atoms with Gasteiger partial charge in [0.2, 0.25) is 10.0 Å². The second-order valence-electron chi connectivity index (χ2n) is 6.10. The Bertz CT molecular complexity index is 579. The van der Waals surface area contributed by atoms with Crippen molar-refractivity contribution in [2.75, 3.05) is 0 Å². The molecule has 0 saturated heterocycles. The maximum atomic E-state index is 12.3. The van der Waals surface area contributed by atoms with Crippen molar-refractivity contribution >= 4 is 10.0 Å². The molecule has 3 nitrogen and oxygen atoms in total. The van der Waals surface area contributed by atoms with Crippen LogP contribution in [0.3, 0.4) is 0 Å². The summed E-state index contributed by atoms with van der Waals surface area (Å²) in [5.74, 6) is 2.92. The highest BCUT2D eigenvalue weighted by Crippen LogP contribution is 2.70. The Morgan fingerprint density at radius 3 is 2.22 bits per heavy atom. The first kappa shape index (κ1) is 11.0. The van der Waals surface area contributed by atoms with E-state index < -0.39 is 10.0 Å². The smallest absolute Gasteiger partial charge is 0.207 e. The van der Waals surface area contributed by atoms with E-state index in [1.54, 1.807) is 12.1 Å². The summed E-state index contributed by atoms with van der Waals surface area (Å²) in [6.45, 7) is 1.96. The highest BCUT2D eigenvalue weighted by Gasteiger charge is 2.68. The largest absolute Gasteiger partial charge is 0.240 e. The predicted molar refractivity (Wildman–Crippen MR) is 68.5 cm³/mol. The number of hydrogen-bond donors (Lipinski definition) is 1. The lowest BCUT2D eigenvalue weighted by Crippen LogP contribution is -2.37. The van der Waals surface area contributed by atoms with Crippen LogP contribution in [0.15, 0.2) is 29.2 Å². The number of rotatable bonds is 3. The molecule has 1 N–H and O–H groups in total. The van der Waals surface area contributed by atoms with Gasteiger partial charge in [-0.15, -0.1) is 0 Å². The summed E-state index contributed by atoms with van der Waals surface area (Å²) in [7, 11) is -3.32.